The Morgan fingerprint density at radius 1 is 1.17 bits per heavy atom. The molecule has 1 aliphatic rings. The second kappa shape index (κ2) is 16.1. The zero-order chi connectivity index (χ0) is 25.5. The van der Waals surface area contributed by atoms with Gasteiger partial charge in [0.25, 0.3) is 0 Å². The predicted octanol–water partition coefficient (Wildman–Crippen LogP) is 4.61. The molecule has 1 aliphatic heterocycles. The number of nitrogens with zero attached hydrogens (tertiary/aromatic N) is 4. The van der Waals surface area contributed by atoms with Crippen LogP contribution in [-0.2, 0) is 4.74 Å². The van der Waals surface area contributed by atoms with Crippen molar-refractivity contribution in [2.45, 2.75) is 32.9 Å². The average molecular weight is 480 g/mol. The third-order valence-electron chi connectivity index (χ3n) is 6.07. The van der Waals surface area contributed by atoms with Gasteiger partial charge in [0.15, 0.2) is 0 Å². The van der Waals surface area contributed by atoms with E-state index in [0.29, 0.717) is 0 Å². The summed E-state index contributed by atoms with van der Waals surface area (Å²) in [5.74, 6) is 0.892. The maximum Gasteiger partial charge on any atom is 0.129 e. The first kappa shape index (κ1) is 28.6. The van der Waals surface area contributed by atoms with Crippen LogP contribution in [0.3, 0.4) is 0 Å². The van der Waals surface area contributed by atoms with Crippen LogP contribution in [0.1, 0.15) is 32.3 Å². The summed E-state index contributed by atoms with van der Waals surface area (Å²) in [6, 6.07) is 10.6. The minimum atomic E-state index is 0.0949. The van der Waals surface area contributed by atoms with Crippen molar-refractivity contribution in [3.8, 4) is 0 Å². The van der Waals surface area contributed by atoms with Crippen molar-refractivity contribution in [2.24, 2.45) is 4.99 Å². The molecule has 0 bridgehead atoms. The second-order valence-corrected chi connectivity index (χ2v) is 9.03. The molecule has 0 radical (unpaired) electrons. The number of benzene rings is 1. The molecule has 1 atom stereocenters. The van der Waals surface area contributed by atoms with Crippen molar-refractivity contribution in [1.29, 1.82) is 0 Å². The fourth-order valence-corrected chi connectivity index (χ4v) is 4.03. The van der Waals surface area contributed by atoms with E-state index < -0.39 is 0 Å². The topological polar surface area (TPSA) is 43.3 Å². The van der Waals surface area contributed by atoms with Crippen LogP contribution in [0.2, 0.25) is 0 Å². The van der Waals surface area contributed by atoms with E-state index in [0.717, 1.165) is 51.5 Å². The largest absolute Gasteiger partial charge is 0.383 e. The first-order chi connectivity index (χ1) is 17.0. The van der Waals surface area contributed by atoms with Gasteiger partial charge in [0.05, 0.1) is 6.61 Å². The van der Waals surface area contributed by atoms with E-state index >= 15 is 0 Å². The average Bonchev–Trinajstić information content (AvgIpc) is 2.86. The third kappa shape index (κ3) is 10.2. The molecule has 2 rings (SSSR count). The molecule has 6 nitrogen and oxygen atoms in total. The van der Waals surface area contributed by atoms with Gasteiger partial charge in [0.2, 0.25) is 0 Å². The molecule has 0 spiro atoms. The van der Waals surface area contributed by atoms with E-state index in [1.165, 1.54) is 16.8 Å². The van der Waals surface area contributed by atoms with Gasteiger partial charge in [-0.05, 0) is 64.2 Å². The molecule has 0 fully saturated rings. The quantitative estimate of drug-likeness (QED) is 0.395. The van der Waals surface area contributed by atoms with Gasteiger partial charge >= 0.3 is 0 Å². The molecule has 1 aromatic carbocycles. The number of amidine groups is 1. The molecule has 35 heavy (non-hydrogen) atoms. The highest BCUT2D eigenvalue weighted by Crippen LogP contribution is 2.26. The number of ether oxygens (including phenoxy) is 1. The van der Waals surface area contributed by atoms with Gasteiger partial charge in [-0.2, -0.15) is 0 Å². The molecule has 0 unspecified atom stereocenters. The molecule has 6 heteroatoms. The Labute approximate surface area is 213 Å². The second-order valence-electron chi connectivity index (χ2n) is 9.03. The number of aliphatic imine (C=N–C) groups is 1. The van der Waals surface area contributed by atoms with Gasteiger partial charge in [0.1, 0.15) is 12.0 Å². The molecular weight excluding hydrogens is 434 g/mol. The Morgan fingerprint density at radius 3 is 2.60 bits per heavy atom. The molecular formula is C29H45N5O. The third-order valence-corrected chi connectivity index (χ3v) is 6.07. The van der Waals surface area contributed by atoms with Gasteiger partial charge < -0.3 is 24.8 Å². The lowest BCUT2D eigenvalue weighted by atomic mass is 10.1. The van der Waals surface area contributed by atoms with Crippen molar-refractivity contribution >= 4 is 11.5 Å². The monoisotopic (exact) mass is 479 g/mol. The fraction of sp³-hybridized carbons (Fsp3) is 0.483. The van der Waals surface area contributed by atoms with Crippen LogP contribution in [0.15, 0.2) is 77.5 Å². The molecule has 1 N–H and O–H groups in total. The van der Waals surface area contributed by atoms with E-state index in [-0.39, 0.29) is 6.17 Å². The van der Waals surface area contributed by atoms with Crippen LogP contribution in [-0.4, -0.2) is 87.7 Å². The first-order valence-corrected chi connectivity index (χ1v) is 12.7. The Hall–Kier alpha value is -2.67. The Balaban J connectivity index is 2.08. The normalized spacial score (nSPS) is 17.1. The molecule has 192 valence electrons. The van der Waals surface area contributed by atoms with Gasteiger partial charge in [-0.1, -0.05) is 55.5 Å². The zero-order valence-corrected chi connectivity index (χ0v) is 22.6. The van der Waals surface area contributed by atoms with Crippen molar-refractivity contribution in [1.82, 2.24) is 20.0 Å². The van der Waals surface area contributed by atoms with Crippen LogP contribution in [0, 0.1) is 0 Å². The van der Waals surface area contributed by atoms with Gasteiger partial charge in [-0.15, -0.1) is 0 Å². The molecule has 0 amide bonds. The highest BCUT2D eigenvalue weighted by atomic mass is 16.5. The highest BCUT2D eigenvalue weighted by molar-refractivity contribution is 6.00. The Kier molecular flexibility index (Phi) is 13.1. The van der Waals surface area contributed by atoms with Gasteiger partial charge in [-0.25, -0.2) is 4.99 Å². The van der Waals surface area contributed by atoms with Crippen LogP contribution in [0.5, 0.6) is 0 Å². The van der Waals surface area contributed by atoms with Crippen molar-refractivity contribution in [3.05, 3.63) is 78.0 Å². The van der Waals surface area contributed by atoms with Crippen LogP contribution in [0.25, 0.3) is 5.70 Å². The fourth-order valence-electron chi connectivity index (χ4n) is 4.03. The number of methoxy groups -OCH3 is 1. The molecule has 0 aromatic heterocycles. The van der Waals surface area contributed by atoms with Crippen LogP contribution < -0.4 is 5.32 Å². The van der Waals surface area contributed by atoms with E-state index in [4.69, 9.17) is 9.73 Å². The maximum atomic E-state index is 5.25. The number of rotatable bonds is 14. The molecule has 0 saturated heterocycles. The summed E-state index contributed by atoms with van der Waals surface area (Å²) in [7, 11) is 8.08. The summed E-state index contributed by atoms with van der Waals surface area (Å²) >= 11 is 0. The molecule has 0 saturated carbocycles. The number of allylic oxidation sites excluding steroid dienone is 3. The zero-order valence-electron chi connectivity index (χ0n) is 22.6. The van der Waals surface area contributed by atoms with Crippen molar-refractivity contribution in [3.63, 3.8) is 0 Å². The molecule has 1 aromatic rings. The summed E-state index contributed by atoms with van der Waals surface area (Å²) in [5.41, 5.74) is 3.68. The number of hydrogen-bond acceptors (Lipinski definition) is 6. The van der Waals surface area contributed by atoms with E-state index in [1.807, 2.05) is 12.3 Å². The molecule has 1 heterocycles. The van der Waals surface area contributed by atoms with Crippen LogP contribution >= 0.6 is 0 Å². The van der Waals surface area contributed by atoms with E-state index in [1.54, 1.807) is 7.11 Å². The lowest BCUT2D eigenvalue weighted by molar-refractivity contribution is 0.148. The minimum Gasteiger partial charge on any atom is -0.383 e. The summed E-state index contributed by atoms with van der Waals surface area (Å²) in [5, 5.41) is 3.40. The Morgan fingerprint density at radius 2 is 1.94 bits per heavy atom. The number of hydrogen-bond donors (Lipinski definition) is 1. The van der Waals surface area contributed by atoms with Crippen LogP contribution in [0.4, 0.5) is 0 Å². The maximum absolute atomic E-state index is 5.25. The van der Waals surface area contributed by atoms with Gasteiger partial charge in [0, 0.05) is 45.2 Å². The lowest BCUT2D eigenvalue weighted by Gasteiger charge is -2.34. The minimum absolute atomic E-state index is 0.0949. The van der Waals surface area contributed by atoms with E-state index in [9.17, 15) is 0 Å². The summed E-state index contributed by atoms with van der Waals surface area (Å²) in [6.07, 6.45) is 14.7. The Bertz CT molecular complexity index is 886. The first-order valence-electron chi connectivity index (χ1n) is 12.7. The summed E-state index contributed by atoms with van der Waals surface area (Å²) in [6.45, 7) is 9.05. The smallest absolute Gasteiger partial charge is 0.129 e. The lowest BCUT2D eigenvalue weighted by Crippen LogP contribution is -2.37. The standard InChI is InChI=1S/C29H45N5O/c1-7-25(24-32(3)4)15-12-13-19-30-28-23-27(26-16-10-9-11-17-26)33(5)29(31-28)18-14-20-34(8-2)21-22-35-6/h7,9-13,15-17,19,23,29H,8,14,18,20-22,24H2,1-6H3,(H,30,31)/b15-12-,19-13+,25-7+/t29-/m0/s1. The predicted molar refractivity (Wildman–Crippen MR) is 150 cm³/mol. The summed E-state index contributed by atoms with van der Waals surface area (Å²) < 4.78 is 5.25. The molecule has 0 aliphatic carbocycles. The number of nitrogens with one attached hydrogen (secondary N) is 1. The van der Waals surface area contributed by atoms with Crippen molar-refractivity contribution < 1.29 is 4.74 Å². The SMILES string of the molecule is C\C=C(/C=C\C=C\NC1=N[C@H](CCCN(CC)CCOC)N(C)C(c2ccccc2)=C1)CN(C)C. The van der Waals surface area contributed by atoms with Crippen molar-refractivity contribution in [2.75, 3.05) is 61.0 Å². The highest BCUT2D eigenvalue weighted by Gasteiger charge is 2.22. The van der Waals surface area contributed by atoms with Gasteiger partial charge in [-0.3, -0.25) is 0 Å². The van der Waals surface area contributed by atoms with E-state index in [2.05, 4.69) is 110 Å². The number of likely N-dealkylation sites (N-methyl/N-ethyl adjacent to an activating group) is 2. The summed E-state index contributed by atoms with van der Waals surface area (Å²) in [4.78, 5) is 11.9.